The Hall–Kier alpha value is -1.62. The highest BCUT2D eigenvalue weighted by molar-refractivity contribution is 8.16. The van der Waals surface area contributed by atoms with E-state index < -0.39 is 18.3 Å². The molecule has 0 radical (unpaired) electrons. The van der Waals surface area contributed by atoms with Gasteiger partial charge in [-0.2, -0.15) is 0 Å². The monoisotopic (exact) mass is 854 g/mol. The maximum Gasteiger partial charge on any atom is 0.114 e. The Balaban J connectivity index is 1.47. The molecule has 0 spiro atoms. The number of rotatable bonds is 19. The molecular formula is C40H36Cl6O4S2. The Morgan fingerprint density at radius 2 is 0.904 bits per heavy atom. The van der Waals surface area contributed by atoms with E-state index in [9.17, 15) is 5.11 Å². The van der Waals surface area contributed by atoms with Crippen molar-refractivity contribution in [2.75, 3.05) is 6.61 Å². The first kappa shape index (κ1) is 41.5. The van der Waals surface area contributed by atoms with Crippen molar-refractivity contribution in [3.63, 3.8) is 0 Å². The zero-order valence-corrected chi connectivity index (χ0v) is 33.9. The van der Waals surface area contributed by atoms with Crippen LogP contribution in [0.3, 0.4) is 0 Å². The van der Waals surface area contributed by atoms with Crippen LogP contribution in [0, 0.1) is 0 Å². The molecule has 0 amide bonds. The Labute approximate surface area is 344 Å². The fraction of sp³-hybridized carbons (Fsp3) is 0.250. The van der Waals surface area contributed by atoms with Crippen molar-refractivity contribution in [2.24, 2.45) is 0 Å². The molecule has 5 aromatic rings. The van der Waals surface area contributed by atoms with Gasteiger partial charge in [0, 0.05) is 41.6 Å². The third kappa shape index (κ3) is 13.0. The molecule has 0 aromatic heterocycles. The van der Waals surface area contributed by atoms with Crippen LogP contribution in [0.25, 0.3) is 0 Å². The predicted octanol–water partition coefficient (Wildman–Crippen LogP) is 12.8. The summed E-state index contributed by atoms with van der Waals surface area (Å²) in [5.41, 5.74) is 4.52. The molecule has 0 unspecified atom stereocenters. The second-order valence-electron chi connectivity index (χ2n) is 11.8. The van der Waals surface area contributed by atoms with Gasteiger partial charge in [-0.3, -0.25) is 0 Å². The molecule has 12 heteroatoms. The molecule has 5 rings (SSSR count). The fourth-order valence-electron chi connectivity index (χ4n) is 5.17. The first-order valence-electron chi connectivity index (χ1n) is 16.3. The summed E-state index contributed by atoms with van der Waals surface area (Å²) < 4.78 is 19.3. The van der Waals surface area contributed by atoms with Gasteiger partial charge in [0.15, 0.2) is 0 Å². The van der Waals surface area contributed by atoms with Gasteiger partial charge in [-0.1, -0.05) is 148 Å². The third-order valence-corrected chi connectivity index (χ3v) is 12.7. The van der Waals surface area contributed by atoms with Gasteiger partial charge in [-0.15, -0.1) is 23.5 Å². The van der Waals surface area contributed by atoms with E-state index in [1.165, 1.54) is 0 Å². The molecule has 0 aliphatic carbocycles. The zero-order chi connectivity index (χ0) is 36.9. The van der Waals surface area contributed by atoms with E-state index in [-0.39, 0.29) is 31.0 Å². The highest BCUT2D eigenvalue weighted by atomic mass is 35.5. The Morgan fingerprint density at radius 1 is 0.500 bits per heavy atom. The summed E-state index contributed by atoms with van der Waals surface area (Å²) in [5.74, 6) is 1.40. The van der Waals surface area contributed by atoms with E-state index in [1.807, 2.05) is 48.5 Å². The van der Waals surface area contributed by atoms with Crippen molar-refractivity contribution in [3.8, 4) is 0 Å². The first-order chi connectivity index (χ1) is 25.2. The highest BCUT2D eigenvalue weighted by Gasteiger charge is 2.37. The van der Waals surface area contributed by atoms with Crippen LogP contribution in [0.2, 0.25) is 30.1 Å². The van der Waals surface area contributed by atoms with Crippen LogP contribution in [0.15, 0.2) is 115 Å². The van der Waals surface area contributed by atoms with Crippen LogP contribution in [0.1, 0.15) is 27.8 Å². The molecule has 52 heavy (non-hydrogen) atoms. The summed E-state index contributed by atoms with van der Waals surface area (Å²) >= 11 is 41.6. The predicted molar refractivity (Wildman–Crippen MR) is 221 cm³/mol. The second kappa shape index (κ2) is 21.5. The van der Waals surface area contributed by atoms with E-state index in [1.54, 1.807) is 66.0 Å². The van der Waals surface area contributed by atoms with Crippen LogP contribution in [-0.2, 0) is 45.5 Å². The SMILES string of the molecule is O[C@H](COCc1ccc(Cl)cc1Cl)[C@H](OCc1ccc(Cl)cc1Cl)[C@@H](OCc1ccc(Cl)cc1Cl)C(SCc1ccccc1)SCc1ccccc1. The minimum Gasteiger partial charge on any atom is -0.388 e. The normalized spacial score (nSPS) is 13.3. The Morgan fingerprint density at radius 3 is 1.33 bits per heavy atom. The van der Waals surface area contributed by atoms with Crippen LogP contribution in [0.4, 0.5) is 0 Å². The highest BCUT2D eigenvalue weighted by Crippen LogP contribution is 2.38. The van der Waals surface area contributed by atoms with E-state index in [4.69, 9.17) is 83.8 Å². The van der Waals surface area contributed by atoms with Gasteiger partial charge >= 0.3 is 0 Å². The molecule has 3 atom stereocenters. The first-order valence-corrected chi connectivity index (χ1v) is 20.6. The number of aliphatic hydroxyl groups excluding tert-OH is 1. The van der Waals surface area contributed by atoms with Gasteiger partial charge < -0.3 is 19.3 Å². The molecule has 274 valence electrons. The van der Waals surface area contributed by atoms with Crippen LogP contribution >= 0.6 is 93.1 Å². The van der Waals surface area contributed by atoms with Gasteiger partial charge in [-0.25, -0.2) is 0 Å². The van der Waals surface area contributed by atoms with Crippen molar-refractivity contribution >= 4 is 93.1 Å². The summed E-state index contributed by atoms with van der Waals surface area (Å²) in [5, 5.41) is 14.9. The lowest BCUT2D eigenvalue weighted by molar-refractivity contribution is -0.142. The average Bonchev–Trinajstić information content (AvgIpc) is 3.13. The summed E-state index contributed by atoms with van der Waals surface area (Å²) in [6.45, 7) is 0.314. The quantitative estimate of drug-likeness (QED) is 0.0835. The molecule has 0 fully saturated rings. The van der Waals surface area contributed by atoms with Gasteiger partial charge in [-0.05, 0) is 64.2 Å². The van der Waals surface area contributed by atoms with Gasteiger partial charge in [0.05, 0.1) is 31.0 Å². The number of hydrogen-bond donors (Lipinski definition) is 1. The number of ether oxygens (including phenoxy) is 3. The minimum atomic E-state index is -1.13. The van der Waals surface area contributed by atoms with Crippen LogP contribution < -0.4 is 0 Å². The molecule has 1 N–H and O–H groups in total. The van der Waals surface area contributed by atoms with Crippen molar-refractivity contribution in [1.29, 1.82) is 0 Å². The van der Waals surface area contributed by atoms with E-state index in [0.717, 1.165) is 22.3 Å². The summed E-state index contributed by atoms with van der Waals surface area (Å²) in [6.07, 6.45) is -2.67. The van der Waals surface area contributed by atoms with Crippen LogP contribution in [0.5, 0.6) is 0 Å². The number of halogens is 6. The number of aliphatic hydroxyl groups is 1. The molecule has 0 saturated heterocycles. The Bertz CT molecular complexity index is 1810. The molecule has 5 aromatic carbocycles. The molecular weight excluding hydrogens is 821 g/mol. The molecule has 0 bridgehead atoms. The topological polar surface area (TPSA) is 47.9 Å². The molecule has 0 aliphatic rings. The number of benzene rings is 5. The fourth-order valence-corrected chi connectivity index (χ4v) is 9.30. The summed E-state index contributed by atoms with van der Waals surface area (Å²) in [7, 11) is 0. The van der Waals surface area contributed by atoms with Gasteiger partial charge in [0.1, 0.15) is 18.3 Å². The van der Waals surface area contributed by atoms with Crippen molar-refractivity contribution in [1.82, 2.24) is 0 Å². The van der Waals surface area contributed by atoms with Gasteiger partial charge in [0.25, 0.3) is 0 Å². The van der Waals surface area contributed by atoms with E-state index in [0.29, 0.717) is 47.2 Å². The zero-order valence-electron chi connectivity index (χ0n) is 27.8. The lowest BCUT2D eigenvalue weighted by Crippen LogP contribution is -2.47. The maximum absolute atomic E-state index is 12.0. The molecule has 4 nitrogen and oxygen atoms in total. The summed E-state index contributed by atoms with van der Waals surface area (Å²) in [6, 6.07) is 36.2. The van der Waals surface area contributed by atoms with E-state index in [2.05, 4.69) is 24.3 Å². The average molecular weight is 858 g/mol. The van der Waals surface area contributed by atoms with Crippen molar-refractivity contribution < 1.29 is 19.3 Å². The van der Waals surface area contributed by atoms with Crippen molar-refractivity contribution in [2.45, 2.75) is 54.2 Å². The van der Waals surface area contributed by atoms with Crippen LogP contribution in [-0.4, -0.2) is 34.6 Å². The Kier molecular flexibility index (Phi) is 17.1. The summed E-state index contributed by atoms with van der Waals surface area (Å²) in [4.78, 5) is 0. The second-order valence-corrected chi connectivity index (χ2v) is 16.9. The number of thioether (sulfide) groups is 2. The lowest BCUT2D eigenvalue weighted by atomic mass is 10.1. The standard InChI is InChI=1S/C40H36Cl6O4S2/c41-31-14-11-28(34(44)17-31)20-48-23-37(47)38(49-21-29-12-15-32(42)18-35(29)45)39(50-22-30-13-16-33(43)19-36(30)46)40(51-24-26-7-3-1-4-8-26)52-25-27-9-5-2-6-10-27/h1-19,37-40,47H,20-25H2/t37-,38+,39-/m1/s1. The molecule has 0 saturated carbocycles. The lowest BCUT2D eigenvalue weighted by Gasteiger charge is -2.36. The van der Waals surface area contributed by atoms with Crippen molar-refractivity contribution in [3.05, 3.63) is 173 Å². The molecule has 0 aliphatic heterocycles. The third-order valence-electron chi connectivity index (χ3n) is 7.94. The largest absolute Gasteiger partial charge is 0.388 e. The maximum atomic E-state index is 12.0. The van der Waals surface area contributed by atoms with E-state index >= 15 is 0 Å². The number of hydrogen-bond acceptors (Lipinski definition) is 6. The van der Waals surface area contributed by atoms with Gasteiger partial charge in [0.2, 0.25) is 0 Å². The smallest absolute Gasteiger partial charge is 0.114 e. The molecule has 0 heterocycles. The minimum absolute atomic E-state index is 0.0705.